The summed E-state index contributed by atoms with van der Waals surface area (Å²) in [7, 11) is 1.80. The molecule has 1 aromatic heterocycles. The van der Waals surface area contributed by atoms with Crippen LogP contribution in [0, 0.1) is 0 Å². The molecule has 5 nitrogen and oxygen atoms in total. The van der Waals surface area contributed by atoms with E-state index in [1.165, 1.54) is 0 Å². The highest BCUT2D eigenvalue weighted by Crippen LogP contribution is 2.08. The summed E-state index contributed by atoms with van der Waals surface area (Å²) in [6, 6.07) is 1.77. The van der Waals surface area contributed by atoms with E-state index >= 15 is 0 Å². The standard InChI is InChI=1S/C11H17BrN4O/c1-14-10(2-4-13-14)11(17)16-8-6-15(5-3-12)7-9-16/h2,4H,3,5-9H2,1H3. The number of aromatic nitrogens is 2. The van der Waals surface area contributed by atoms with Crippen molar-refractivity contribution in [2.45, 2.75) is 0 Å². The maximum Gasteiger partial charge on any atom is 0.272 e. The van der Waals surface area contributed by atoms with Gasteiger partial charge in [-0.25, -0.2) is 0 Å². The van der Waals surface area contributed by atoms with Gasteiger partial charge in [0, 0.05) is 51.3 Å². The van der Waals surface area contributed by atoms with E-state index in [9.17, 15) is 4.79 Å². The van der Waals surface area contributed by atoms with E-state index in [1.807, 2.05) is 4.90 Å². The van der Waals surface area contributed by atoms with E-state index in [4.69, 9.17) is 0 Å². The monoisotopic (exact) mass is 300 g/mol. The third-order valence-electron chi connectivity index (χ3n) is 3.10. The number of nitrogens with zero attached hydrogens (tertiary/aromatic N) is 4. The Bertz CT molecular complexity index is 385. The van der Waals surface area contributed by atoms with Crippen LogP contribution in [0.25, 0.3) is 0 Å². The van der Waals surface area contributed by atoms with Crippen molar-refractivity contribution in [1.29, 1.82) is 0 Å². The molecule has 6 heteroatoms. The number of carbonyl (C=O) groups is 1. The molecule has 0 unspecified atom stereocenters. The summed E-state index contributed by atoms with van der Waals surface area (Å²) in [5, 5.41) is 5.02. The Morgan fingerprint density at radius 1 is 1.41 bits per heavy atom. The van der Waals surface area contributed by atoms with Crippen LogP contribution >= 0.6 is 15.9 Å². The van der Waals surface area contributed by atoms with E-state index in [2.05, 4.69) is 25.9 Å². The van der Waals surface area contributed by atoms with Crippen molar-refractivity contribution in [3.63, 3.8) is 0 Å². The molecule has 1 aliphatic heterocycles. The van der Waals surface area contributed by atoms with Gasteiger partial charge in [0.05, 0.1) is 0 Å². The van der Waals surface area contributed by atoms with Gasteiger partial charge in [-0.15, -0.1) is 0 Å². The molecule has 0 N–H and O–H groups in total. The minimum Gasteiger partial charge on any atom is -0.335 e. The summed E-state index contributed by atoms with van der Waals surface area (Å²) in [5.41, 5.74) is 0.666. The zero-order chi connectivity index (χ0) is 12.3. The Hall–Kier alpha value is -0.880. The molecule has 2 rings (SSSR count). The molecule has 0 saturated carbocycles. The lowest BCUT2D eigenvalue weighted by atomic mass is 10.3. The van der Waals surface area contributed by atoms with Gasteiger partial charge in [0.1, 0.15) is 5.69 Å². The number of hydrogen-bond donors (Lipinski definition) is 0. The highest BCUT2D eigenvalue weighted by molar-refractivity contribution is 9.09. The van der Waals surface area contributed by atoms with Gasteiger partial charge >= 0.3 is 0 Å². The number of hydrogen-bond acceptors (Lipinski definition) is 3. The minimum absolute atomic E-state index is 0.0866. The SMILES string of the molecule is Cn1nccc1C(=O)N1CCN(CCBr)CC1. The molecule has 0 aliphatic carbocycles. The van der Waals surface area contributed by atoms with Gasteiger partial charge in [0.25, 0.3) is 5.91 Å². The van der Waals surface area contributed by atoms with Gasteiger partial charge in [0.15, 0.2) is 0 Å². The van der Waals surface area contributed by atoms with Gasteiger partial charge in [-0.2, -0.15) is 5.10 Å². The molecule has 1 saturated heterocycles. The van der Waals surface area contributed by atoms with E-state index in [1.54, 1.807) is 24.0 Å². The Morgan fingerprint density at radius 3 is 2.65 bits per heavy atom. The summed E-state index contributed by atoms with van der Waals surface area (Å²) in [6.07, 6.45) is 1.66. The summed E-state index contributed by atoms with van der Waals surface area (Å²) in [4.78, 5) is 16.5. The lowest BCUT2D eigenvalue weighted by Gasteiger charge is -2.34. The maximum absolute atomic E-state index is 12.2. The van der Waals surface area contributed by atoms with Crippen molar-refractivity contribution in [2.75, 3.05) is 38.1 Å². The number of halogens is 1. The topological polar surface area (TPSA) is 41.4 Å². The first kappa shape index (κ1) is 12.6. The number of rotatable bonds is 3. The highest BCUT2D eigenvalue weighted by Gasteiger charge is 2.23. The Kier molecular flexibility index (Phi) is 4.17. The Labute approximate surface area is 110 Å². The molecule has 17 heavy (non-hydrogen) atoms. The summed E-state index contributed by atoms with van der Waals surface area (Å²) < 4.78 is 1.63. The molecule has 1 fully saturated rings. The van der Waals surface area contributed by atoms with Crippen LogP contribution in [0.1, 0.15) is 10.5 Å². The Balaban J connectivity index is 1.93. The molecule has 0 aromatic carbocycles. The van der Waals surface area contributed by atoms with E-state index in [-0.39, 0.29) is 5.91 Å². The second-order valence-electron chi connectivity index (χ2n) is 4.16. The number of carbonyl (C=O) groups excluding carboxylic acids is 1. The van der Waals surface area contributed by atoms with E-state index in [0.29, 0.717) is 5.69 Å². The van der Waals surface area contributed by atoms with Gasteiger partial charge in [-0.3, -0.25) is 14.4 Å². The molecule has 0 atom stereocenters. The summed E-state index contributed by atoms with van der Waals surface area (Å²) in [5.74, 6) is 0.0866. The molecular formula is C11H17BrN4O. The smallest absolute Gasteiger partial charge is 0.272 e. The molecule has 0 radical (unpaired) electrons. The predicted octanol–water partition coefficient (Wildman–Crippen LogP) is 0.573. The lowest BCUT2D eigenvalue weighted by Crippen LogP contribution is -2.49. The van der Waals surface area contributed by atoms with Crippen LogP contribution in [0.5, 0.6) is 0 Å². The van der Waals surface area contributed by atoms with Crippen LogP contribution in [0.3, 0.4) is 0 Å². The van der Waals surface area contributed by atoms with Crippen LogP contribution in [-0.4, -0.2) is 63.5 Å². The van der Waals surface area contributed by atoms with Crippen molar-refractivity contribution in [3.05, 3.63) is 18.0 Å². The minimum atomic E-state index is 0.0866. The quantitative estimate of drug-likeness (QED) is 0.767. The molecular weight excluding hydrogens is 284 g/mol. The summed E-state index contributed by atoms with van der Waals surface area (Å²) >= 11 is 3.44. The molecule has 1 amide bonds. The second-order valence-corrected chi connectivity index (χ2v) is 4.96. The highest BCUT2D eigenvalue weighted by atomic mass is 79.9. The first-order valence-corrected chi connectivity index (χ1v) is 6.90. The Morgan fingerprint density at radius 2 is 2.12 bits per heavy atom. The zero-order valence-corrected chi connectivity index (χ0v) is 11.6. The fourth-order valence-corrected chi connectivity index (χ4v) is 2.54. The molecule has 0 spiro atoms. The third kappa shape index (κ3) is 2.87. The molecule has 0 bridgehead atoms. The molecule has 1 aromatic rings. The average Bonchev–Trinajstić information content (AvgIpc) is 2.76. The predicted molar refractivity (Wildman–Crippen MR) is 69.3 cm³/mol. The van der Waals surface area contributed by atoms with E-state index < -0.39 is 0 Å². The van der Waals surface area contributed by atoms with Crippen molar-refractivity contribution in [3.8, 4) is 0 Å². The van der Waals surface area contributed by atoms with Gasteiger partial charge in [-0.1, -0.05) is 15.9 Å². The summed E-state index contributed by atoms with van der Waals surface area (Å²) in [6.45, 7) is 4.56. The maximum atomic E-state index is 12.2. The van der Waals surface area contributed by atoms with Gasteiger partial charge in [0.2, 0.25) is 0 Å². The first-order valence-electron chi connectivity index (χ1n) is 5.78. The number of piperazine rings is 1. The molecule has 2 heterocycles. The lowest BCUT2D eigenvalue weighted by molar-refractivity contribution is 0.0634. The number of aryl methyl sites for hydroxylation is 1. The van der Waals surface area contributed by atoms with Crippen molar-refractivity contribution in [2.24, 2.45) is 7.05 Å². The first-order chi connectivity index (χ1) is 8.22. The number of amides is 1. The van der Waals surface area contributed by atoms with Crippen LogP contribution in [0.2, 0.25) is 0 Å². The number of alkyl halides is 1. The third-order valence-corrected chi connectivity index (χ3v) is 3.45. The second kappa shape index (κ2) is 5.64. The molecule has 94 valence electrons. The van der Waals surface area contributed by atoms with E-state index in [0.717, 1.165) is 38.1 Å². The zero-order valence-electron chi connectivity index (χ0n) is 9.97. The van der Waals surface area contributed by atoms with Gasteiger partial charge < -0.3 is 4.90 Å². The van der Waals surface area contributed by atoms with Crippen molar-refractivity contribution in [1.82, 2.24) is 19.6 Å². The van der Waals surface area contributed by atoms with Crippen molar-refractivity contribution >= 4 is 21.8 Å². The van der Waals surface area contributed by atoms with Crippen LogP contribution in [-0.2, 0) is 7.05 Å². The van der Waals surface area contributed by atoms with Gasteiger partial charge in [-0.05, 0) is 6.07 Å². The van der Waals surface area contributed by atoms with Crippen LogP contribution in [0.15, 0.2) is 12.3 Å². The van der Waals surface area contributed by atoms with Crippen LogP contribution < -0.4 is 0 Å². The normalized spacial score (nSPS) is 17.4. The average molecular weight is 301 g/mol. The van der Waals surface area contributed by atoms with Crippen LogP contribution in [0.4, 0.5) is 0 Å². The fourth-order valence-electron chi connectivity index (χ4n) is 2.04. The fraction of sp³-hybridized carbons (Fsp3) is 0.636. The molecule has 1 aliphatic rings. The van der Waals surface area contributed by atoms with Crippen molar-refractivity contribution < 1.29 is 4.79 Å². The largest absolute Gasteiger partial charge is 0.335 e.